The number of pyridine rings is 1. The van der Waals surface area contributed by atoms with E-state index < -0.39 is 0 Å². The number of fused-ring (bicyclic) bond motifs is 3. The summed E-state index contributed by atoms with van der Waals surface area (Å²) in [5, 5.41) is 3.38. The Morgan fingerprint density at radius 3 is 3.04 bits per heavy atom. The number of ether oxygens (including phenoxy) is 1. The lowest BCUT2D eigenvalue weighted by atomic mass is 9.93. The SMILES string of the molecule is Cc1ncccc1Oc1sc(C(=O)Nc2ncco2)c2c1-c1sncc1CC2. The van der Waals surface area contributed by atoms with Crippen LogP contribution in [0, 0.1) is 6.92 Å². The van der Waals surface area contributed by atoms with Crippen molar-refractivity contribution in [3.05, 3.63) is 58.7 Å². The summed E-state index contributed by atoms with van der Waals surface area (Å²) in [5.74, 6) is 0.414. The van der Waals surface area contributed by atoms with E-state index in [1.165, 1.54) is 40.9 Å². The van der Waals surface area contributed by atoms with Crippen LogP contribution in [0.25, 0.3) is 10.4 Å². The second kappa shape index (κ2) is 6.84. The molecule has 9 heteroatoms. The van der Waals surface area contributed by atoms with Gasteiger partial charge in [-0.3, -0.25) is 15.1 Å². The van der Waals surface area contributed by atoms with Crippen LogP contribution in [-0.4, -0.2) is 20.2 Å². The zero-order valence-electron chi connectivity index (χ0n) is 14.8. The minimum Gasteiger partial charge on any atom is -0.444 e. The van der Waals surface area contributed by atoms with Crippen molar-refractivity contribution in [1.82, 2.24) is 14.3 Å². The van der Waals surface area contributed by atoms with Gasteiger partial charge in [0, 0.05) is 12.4 Å². The summed E-state index contributed by atoms with van der Waals surface area (Å²) in [6.07, 6.45) is 8.13. The summed E-state index contributed by atoms with van der Waals surface area (Å²) in [5.41, 5.74) is 3.90. The van der Waals surface area contributed by atoms with Gasteiger partial charge in [-0.05, 0) is 54.6 Å². The maximum atomic E-state index is 12.9. The molecule has 4 heterocycles. The fraction of sp³-hybridized carbons (Fsp3) is 0.158. The number of thiophene rings is 1. The molecule has 1 N–H and O–H groups in total. The van der Waals surface area contributed by atoms with Crippen molar-refractivity contribution in [3.63, 3.8) is 0 Å². The van der Waals surface area contributed by atoms with Gasteiger partial charge in [0.25, 0.3) is 5.91 Å². The molecule has 7 nitrogen and oxygen atoms in total. The molecular formula is C19H14N4O3S2. The highest BCUT2D eigenvalue weighted by molar-refractivity contribution is 7.17. The van der Waals surface area contributed by atoms with Crippen LogP contribution in [0.3, 0.4) is 0 Å². The first-order valence-corrected chi connectivity index (χ1v) is 10.2. The van der Waals surface area contributed by atoms with Crippen LogP contribution >= 0.6 is 22.9 Å². The highest BCUT2D eigenvalue weighted by Gasteiger charge is 2.31. The molecule has 0 aromatic carbocycles. The van der Waals surface area contributed by atoms with Gasteiger partial charge in [0.1, 0.15) is 12.0 Å². The Morgan fingerprint density at radius 1 is 1.29 bits per heavy atom. The first-order valence-electron chi connectivity index (χ1n) is 8.60. The van der Waals surface area contributed by atoms with Crippen LogP contribution in [0.2, 0.25) is 0 Å². The Kier molecular flexibility index (Phi) is 4.18. The molecule has 0 unspecified atom stereocenters. The number of hydrogen-bond acceptors (Lipinski definition) is 8. The second-order valence-electron chi connectivity index (χ2n) is 6.23. The lowest BCUT2D eigenvalue weighted by Crippen LogP contribution is -2.13. The molecule has 4 aromatic heterocycles. The van der Waals surface area contributed by atoms with Gasteiger partial charge in [0.2, 0.25) is 0 Å². The van der Waals surface area contributed by atoms with Gasteiger partial charge >= 0.3 is 6.01 Å². The van der Waals surface area contributed by atoms with Crippen LogP contribution in [-0.2, 0) is 12.8 Å². The van der Waals surface area contributed by atoms with Crippen molar-refractivity contribution in [2.45, 2.75) is 19.8 Å². The minimum absolute atomic E-state index is 0.173. The van der Waals surface area contributed by atoms with Crippen LogP contribution in [0.4, 0.5) is 6.01 Å². The quantitative estimate of drug-likeness (QED) is 0.524. The molecular weight excluding hydrogens is 396 g/mol. The third-order valence-corrected chi connectivity index (χ3v) is 6.48. The van der Waals surface area contributed by atoms with Crippen LogP contribution in [0.5, 0.6) is 10.8 Å². The minimum atomic E-state index is -0.255. The van der Waals surface area contributed by atoms with Gasteiger partial charge in [-0.15, -0.1) is 0 Å². The van der Waals surface area contributed by atoms with E-state index >= 15 is 0 Å². The molecule has 0 bridgehead atoms. The second-order valence-corrected chi connectivity index (χ2v) is 8.02. The fourth-order valence-corrected chi connectivity index (χ4v) is 5.23. The molecule has 0 atom stereocenters. The molecule has 1 amide bonds. The number of carbonyl (C=O) groups excluding carboxylic acids is 1. The third kappa shape index (κ3) is 2.88. The highest BCUT2D eigenvalue weighted by atomic mass is 32.1. The predicted molar refractivity (Wildman–Crippen MR) is 106 cm³/mol. The molecule has 0 radical (unpaired) electrons. The molecule has 5 rings (SSSR count). The lowest BCUT2D eigenvalue weighted by Gasteiger charge is -2.14. The smallest absolute Gasteiger partial charge is 0.301 e. The summed E-state index contributed by atoms with van der Waals surface area (Å²) in [4.78, 5) is 22.8. The zero-order chi connectivity index (χ0) is 19.1. The van der Waals surface area contributed by atoms with E-state index in [2.05, 4.69) is 19.7 Å². The lowest BCUT2D eigenvalue weighted by molar-refractivity contribution is 0.102. The van der Waals surface area contributed by atoms with Crippen LogP contribution in [0.15, 0.2) is 41.4 Å². The molecule has 28 heavy (non-hydrogen) atoms. The van der Waals surface area contributed by atoms with Crippen molar-refractivity contribution in [2.75, 3.05) is 5.32 Å². The van der Waals surface area contributed by atoms with Crippen LogP contribution in [0.1, 0.15) is 26.5 Å². The largest absolute Gasteiger partial charge is 0.444 e. The monoisotopic (exact) mass is 410 g/mol. The van der Waals surface area contributed by atoms with E-state index in [-0.39, 0.29) is 11.9 Å². The van der Waals surface area contributed by atoms with E-state index in [9.17, 15) is 4.79 Å². The van der Waals surface area contributed by atoms with Crippen LogP contribution < -0.4 is 10.1 Å². The molecule has 0 aliphatic heterocycles. The number of aromatic nitrogens is 3. The standard InChI is InChI=1S/C19H14N4O3S2/c1-10-13(3-2-6-20-10)26-18-14-12(5-4-11-9-22-28-15(11)14)16(27-18)17(24)23-19-21-7-8-25-19/h2-3,6-9H,4-5H2,1H3,(H,21,23,24). The van der Waals surface area contributed by atoms with Crippen molar-refractivity contribution < 1.29 is 13.9 Å². The Labute approximate surface area is 168 Å². The molecule has 140 valence electrons. The maximum absolute atomic E-state index is 12.9. The average molecular weight is 410 g/mol. The van der Waals surface area contributed by atoms with Gasteiger partial charge in [-0.25, -0.2) is 9.36 Å². The Morgan fingerprint density at radius 2 is 2.21 bits per heavy atom. The molecule has 4 aromatic rings. The van der Waals surface area contributed by atoms with Crippen molar-refractivity contribution in [3.8, 4) is 21.3 Å². The Balaban J connectivity index is 1.60. The zero-order valence-corrected chi connectivity index (χ0v) is 16.4. The van der Waals surface area contributed by atoms with Crippen molar-refractivity contribution >= 4 is 34.8 Å². The first kappa shape index (κ1) is 17.1. The molecule has 1 aliphatic rings. The fourth-order valence-electron chi connectivity index (χ4n) is 3.19. The summed E-state index contributed by atoms with van der Waals surface area (Å²) in [6.45, 7) is 1.89. The number of rotatable bonds is 4. The summed E-state index contributed by atoms with van der Waals surface area (Å²) in [7, 11) is 0. The third-order valence-electron chi connectivity index (χ3n) is 4.51. The van der Waals surface area contributed by atoms with Crippen molar-refractivity contribution in [2.24, 2.45) is 0 Å². The van der Waals surface area contributed by atoms with Gasteiger partial charge in [-0.2, -0.15) is 0 Å². The summed E-state index contributed by atoms with van der Waals surface area (Å²) >= 11 is 2.75. The molecule has 1 aliphatic carbocycles. The van der Waals surface area contributed by atoms with E-state index in [4.69, 9.17) is 9.15 Å². The van der Waals surface area contributed by atoms with E-state index in [1.54, 1.807) is 6.20 Å². The number of aryl methyl sites for hydroxylation is 2. The van der Waals surface area contributed by atoms with Gasteiger partial charge in [0.15, 0.2) is 5.06 Å². The molecule has 0 saturated carbocycles. The van der Waals surface area contributed by atoms with E-state index in [1.807, 2.05) is 25.3 Å². The topological polar surface area (TPSA) is 90.1 Å². The van der Waals surface area contributed by atoms with E-state index in [0.717, 1.165) is 34.5 Å². The highest BCUT2D eigenvalue weighted by Crippen LogP contribution is 2.50. The summed E-state index contributed by atoms with van der Waals surface area (Å²) in [6, 6.07) is 3.88. The number of anilines is 1. The average Bonchev–Trinajstić information content (AvgIpc) is 3.42. The maximum Gasteiger partial charge on any atom is 0.301 e. The van der Waals surface area contributed by atoms with Crippen molar-refractivity contribution in [1.29, 1.82) is 0 Å². The molecule has 0 saturated heterocycles. The number of hydrogen-bond donors (Lipinski definition) is 1. The molecule has 0 spiro atoms. The first-order chi connectivity index (χ1) is 13.7. The number of amides is 1. The van der Waals surface area contributed by atoms with Gasteiger partial charge in [0.05, 0.1) is 27.2 Å². The normalized spacial score (nSPS) is 12.3. The number of nitrogens with zero attached hydrogens (tertiary/aromatic N) is 3. The predicted octanol–water partition coefficient (Wildman–Crippen LogP) is 4.71. The number of nitrogens with one attached hydrogen (secondary N) is 1. The number of carbonyl (C=O) groups is 1. The molecule has 0 fully saturated rings. The van der Waals surface area contributed by atoms with E-state index in [0.29, 0.717) is 15.7 Å². The van der Waals surface area contributed by atoms with Gasteiger partial charge in [-0.1, -0.05) is 11.3 Å². The summed E-state index contributed by atoms with van der Waals surface area (Å²) < 4.78 is 15.7. The Hall–Kier alpha value is -3.04. The van der Waals surface area contributed by atoms with Gasteiger partial charge < -0.3 is 9.15 Å². The Bertz CT molecular complexity index is 1160. The number of oxazole rings is 1.